The fourth-order valence-electron chi connectivity index (χ4n) is 1.16. The summed E-state index contributed by atoms with van der Waals surface area (Å²) in [6.07, 6.45) is 4.05. The van der Waals surface area contributed by atoms with E-state index in [-0.39, 0.29) is 0 Å². The van der Waals surface area contributed by atoms with Gasteiger partial charge in [0.15, 0.2) is 0 Å². The van der Waals surface area contributed by atoms with Crippen LogP contribution in [0.5, 0.6) is 5.75 Å². The zero-order valence-electron chi connectivity index (χ0n) is 8.92. The highest BCUT2D eigenvalue weighted by atomic mass is 16.5. The molecule has 1 rings (SSSR count). The van der Waals surface area contributed by atoms with E-state index in [1.54, 1.807) is 6.20 Å². The molecule has 0 aromatic carbocycles. The van der Waals surface area contributed by atoms with Crippen molar-refractivity contribution in [1.29, 1.82) is 0 Å². The number of hydrogen-bond acceptors (Lipinski definition) is 3. The molecule has 1 aromatic heterocycles. The van der Waals surface area contributed by atoms with E-state index in [0.717, 1.165) is 37.4 Å². The molecule has 0 spiro atoms. The van der Waals surface area contributed by atoms with Crippen LogP contribution in [0, 0.1) is 0 Å². The molecule has 0 aliphatic heterocycles. The summed E-state index contributed by atoms with van der Waals surface area (Å²) in [6, 6.07) is 3.88. The van der Waals surface area contributed by atoms with Gasteiger partial charge in [-0.25, -0.2) is 0 Å². The van der Waals surface area contributed by atoms with Gasteiger partial charge in [0.1, 0.15) is 5.75 Å². The first kappa shape index (κ1) is 11.0. The van der Waals surface area contributed by atoms with Crippen LogP contribution >= 0.6 is 0 Å². The van der Waals surface area contributed by atoms with Gasteiger partial charge in [0.05, 0.1) is 12.3 Å². The smallest absolute Gasteiger partial charge is 0.122 e. The summed E-state index contributed by atoms with van der Waals surface area (Å²) >= 11 is 0. The number of rotatable bonds is 6. The van der Waals surface area contributed by atoms with E-state index in [1.807, 2.05) is 19.2 Å². The first-order chi connectivity index (χ1) is 6.86. The first-order valence-electron chi connectivity index (χ1n) is 5.09. The molecule has 1 heterocycles. The zero-order chi connectivity index (χ0) is 10.2. The van der Waals surface area contributed by atoms with Crippen LogP contribution < -0.4 is 10.1 Å². The van der Waals surface area contributed by atoms with Crippen LogP contribution in [0.15, 0.2) is 18.3 Å². The van der Waals surface area contributed by atoms with Gasteiger partial charge in [0.25, 0.3) is 0 Å². The van der Waals surface area contributed by atoms with E-state index in [4.69, 9.17) is 4.74 Å². The second kappa shape index (κ2) is 6.38. The minimum Gasteiger partial charge on any atom is -0.493 e. The Balaban J connectivity index is 2.46. The van der Waals surface area contributed by atoms with Crippen LogP contribution in [-0.2, 0) is 6.54 Å². The Labute approximate surface area is 85.5 Å². The Hall–Kier alpha value is -1.09. The first-order valence-corrected chi connectivity index (χ1v) is 5.09. The highest BCUT2D eigenvalue weighted by Crippen LogP contribution is 2.11. The molecule has 0 unspecified atom stereocenters. The van der Waals surface area contributed by atoms with Crippen molar-refractivity contribution in [2.75, 3.05) is 13.7 Å². The highest BCUT2D eigenvalue weighted by Gasteiger charge is 1.96. The van der Waals surface area contributed by atoms with E-state index in [1.165, 1.54) is 0 Å². The molecule has 3 nitrogen and oxygen atoms in total. The number of nitrogens with zero attached hydrogens (tertiary/aromatic N) is 1. The van der Waals surface area contributed by atoms with E-state index in [2.05, 4.69) is 17.2 Å². The molecule has 0 fully saturated rings. The molecule has 0 radical (unpaired) electrons. The molecule has 0 saturated heterocycles. The molecule has 1 N–H and O–H groups in total. The Morgan fingerprint density at radius 1 is 1.50 bits per heavy atom. The molecule has 3 heteroatoms. The molecule has 0 aliphatic carbocycles. The molecule has 0 amide bonds. The topological polar surface area (TPSA) is 34.1 Å². The summed E-state index contributed by atoms with van der Waals surface area (Å²) in [4.78, 5) is 4.21. The van der Waals surface area contributed by atoms with Crippen molar-refractivity contribution in [3.8, 4) is 5.75 Å². The molecular formula is C11H18N2O. The van der Waals surface area contributed by atoms with Crippen molar-refractivity contribution < 1.29 is 4.74 Å². The van der Waals surface area contributed by atoms with Gasteiger partial charge >= 0.3 is 0 Å². The van der Waals surface area contributed by atoms with Crippen molar-refractivity contribution >= 4 is 0 Å². The van der Waals surface area contributed by atoms with Crippen molar-refractivity contribution in [2.45, 2.75) is 26.3 Å². The summed E-state index contributed by atoms with van der Waals surface area (Å²) < 4.78 is 5.57. The standard InChI is InChI=1S/C11H18N2O/c1-3-4-7-14-11-5-6-13-10(8-11)9-12-2/h5-6,8,12H,3-4,7,9H2,1-2H3. The lowest BCUT2D eigenvalue weighted by Crippen LogP contribution is -2.07. The van der Waals surface area contributed by atoms with Crippen molar-refractivity contribution in [1.82, 2.24) is 10.3 Å². The van der Waals surface area contributed by atoms with Crippen LogP contribution in [-0.4, -0.2) is 18.6 Å². The van der Waals surface area contributed by atoms with Crippen molar-refractivity contribution in [3.63, 3.8) is 0 Å². The summed E-state index contributed by atoms with van der Waals surface area (Å²) in [5, 5.41) is 3.06. The Morgan fingerprint density at radius 2 is 2.36 bits per heavy atom. The Kier molecular flexibility index (Phi) is 5.00. The molecule has 0 saturated carbocycles. The lowest BCUT2D eigenvalue weighted by atomic mass is 10.3. The van der Waals surface area contributed by atoms with Crippen LogP contribution in [0.25, 0.3) is 0 Å². The Morgan fingerprint density at radius 3 is 3.07 bits per heavy atom. The maximum atomic E-state index is 5.57. The SMILES string of the molecule is CCCCOc1ccnc(CNC)c1. The van der Waals surface area contributed by atoms with Crippen LogP contribution in [0.4, 0.5) is 0 Å². The molecule has 0 bridgehead atoms. The van der Waals surface area contributed by atoms with Gasteiger partial charge < -0.3 is 10.1 Å². The van der Waals surface area contributed by atoms with Gasteiger partial charge in [-0.2, -0.15) is 0 Å². The number of pyridine rings is 1. The van der Waals surface area contributed by atoms with Crippen LogP contribution in [0.3, 0.4) is 0 Å². The zero-order valence-corrected chi connectivity index (χ0v) is 8.92. The average molecular weight is 194 g/mol. The minimum absolute atomic E-state index is 0.783. The maximum absolute atomic E-state index is 5.57. The predicted molar refractivity (Wildman–Crippen MR) is 57.4 cm³/mol. The third-order valence-electron chi connectivity index (χ3n) is 1.91. The second-order valence-corrected chi connectivity index (χ2v) is 3.22. The fraction of sp³-hybridized carbons (Fsp3) is 0.545. The summed E-state index contributed by atoms with van der Waals surface area (Å²) in [6.45, 7) is 3.73. The summed E-state index contributed by atoms with van der Waals surface area (Å²) in [5.41, 5.74) is 1.02. The quantitative estimate of drug-likeness (QED) is 0.703. The fourth-order valence-corrected chi connectivity index (χ4v) is 1.16. The highest BCUT2D eigenvalue weighted by molar-refractivity contribution is 5.22. The molecule has 14 heavy (non-hydrogen) atoms. The Bertz CT molecular complexity index is 263. The molecule has 1 aromatic rings. The van der Waals surface area contributed by atoms with Gasteiger partial charge in [0, 0.05) is 18.8 Å². The molecule has 0 atom stereocenters. The van der Waals surface area contributed by atoms with E-state index < -0.39 is 0 Å². The van der Waals surface area contributed by atoms with E-state index >= 15 is 0 Å². The number of ether oxygens (including phenoxy) is 1. The van der Waals surface area contributed by atoms with Crippen molar-refractivity contribution in [3.05, 3.63) is 24.0 Å². The second-order valence-electron chi connectivity index (χ2n) is 3.22. The van der Waals surface area contributed by atoms with Gasteiger partial charge in [0.2, 0.25) is 0 Å². The monoisotopic (exact) mass is 194 g/mol. The largest absolute Gasteiger partial charge is 0.493 e. The van der Waals surface area contributed by atoms with Gasteiger partial charge in [-0.15, -0.1) is 0 Å². The number of nitrogens with one attached hydrogen (secondary N) is 1. The van der Waals surface area contributed by atoms with Gasteiger partial charge in [-0.3, -0.25) is 4.98 Å². The van der Waals surface area contributed by atoms with Gasteiger partial charge in [-0.1, -0.05) is 13.3 Å². The average Bonchev–Trinajstić information content (AvgIpc) is 2.19. The number of aromatic nitrogens is 1. The molecule has 0 aliphatic rings. The maximum Gasteiger partial charge on any atom is 0.122 e. The van der Waals surface area contributed by atoms with E-state index in [0.29, 0.717) is 0 Å². The predicted octanol–water partition coefficient (Wildman–Crippen LogP) is 1.98. The third-order valence-corrected chi connectivity index (χ3v) is 1.91. The molecular weight excluding hydrogens is 176 g/mol. The van der Waals surface area contributed by atoms with Crippen LogP contribution in [0.1, 0.15) is 25.5 Å². The summed E-state index contributed by atoms with van der Waals surface area (Å²) in [5.74, 6) is 0.915. The van der Waals surface area contributed by atoms with Crippen molar-refractivity contribution in [2.24, 2.45) is 0 Å². The third kappa shape index (κ3) is 3.75. The van der Waals surface area contributed by atoms with E-state index in [9.17, 15) is 0 Å². The summed E-state index contributed by atoms with van der Waals surface area (Å²) in [7, 11) is 1.91. The normalized spacial score (nSPS) is 10.1. The lowest BCUT2D eigenvalue weighted by molar-refractivity contribution is 0.308. The number of hydrogen-bond donors (Lipinski definition) is 1. The number of unbranched alkanes of at least 4 members (excludes halogenated alkanes) is 1. The lowest BCUT2D eigenvalue weighted by Gasteiger charge is -2.06. The van der Waals surface area contributed by atoms with Crippen LogP contribution in [0.2, 0.25) is 0 Å². The van der Waals surface area contributed by atoms with Gasteiger partial charge in [-0.05, 0) is 19.5 Å². The molecule has 78 valence electrons. The minimum atomic E-state index is 0.783.